The monoisotopic (exact) mass is 363 g/mol. The van der Waals surface area contributed by atoms with Gasteiger partial charge in [0.05, 0.1) is 18.8 Å². The molecule has 1 atom stereocenters. The van der Waals surface area contributed by atoms with E-state index in [0.717, 1.165) is 16.9 Å². The number of methoxy groups -OCH3 is 1. The second-order valence-corrected chi connectivity index (χ2v) is 9.23. The van der Waals surface area contributed by atoms with Crippen molar-refractivity contribution < 1.29 is 18.5 Å². The fraction of sp³-hybridized carbons (Fsp3) is 0.500. The van der Waals surface area contributed by atoms with E-state index in [0.29, 0.717) is 18.3 Å². The predicted molar refractivity (Wildman–Crippen MR) is 94.8 cm³/mol. The summed E-state index contributed by atoms with van der Waals surface area (Å²) in [6.07, 6.45) is 2.43. The molecule has 0 amide bonds. The molecule has 0 aliphatic rings. The lowest BCUT2D eigenvalue weighted by Crippen LogP contribution is -1.90. The van der Waals surface area contributed by atoms with E-state index in [1.165, 1.54) is 17.6 Å². The lowest BCUT2D eigenvalue weighted by atomic mass is 10.2. The van der Waals surface area contributed by atoms with Crippen LogP contribution in [0.15, 0.2) is 34.3 Å². The van der Waals surface area contributed by atoms with Gasteiger partial charge in [0.15, 0.2) is 0 Å². The predicted octanol–water partition coefficient (Wildman–Crippen LogP) is 5.02. The van der Waals surface area contributed by atoms with Crippen LogP contribution in [0, 0.1) is 0 Å². The third-order valence-electron chi connectivity index (χ3n) is 2.31. The number of rotatable bonds is 11. The molecule has 0 heterocycles. The molecule has 124 valence electrons. The summed E-state index contributed by atoms with van der Waals surface area (Å²) in [6.45, 7) is 0.919. The van der Waals surface area contributed by atoms with Crippen molar-refractivity contribution in [3.63, 3.8) is 0 Å². The zero-order chi connectivity index (χ0) is 16.3. The SMILES string of the molecule is CCCSP(=O)(OCC)ON=Cc1ccc(SCOC)cc1. The highest BCUT2D eigenvalue weighted by molar-refractivity contribution is 8.55. The number of oxime groups is 1. The number of nitrogens with zero attached hydrogens (tertiary/aromatic N) is 1. The number of thioether (sulfide) groups is 1. The first-order valence-corrected chi connectivity index (χ1v) is 11.1. The lowest BCUT2D eigenvalue weighted by Gasteiger charge is -2.12. The van der Waals surface area contributed by atoms with Crippen molar-refractivity contribution in [2.24, 2.45) is 5.16 Å². The Morgan fingerprint density at radius 2 is 2.00 bits per heavy atom. The van der Waals surface area contributed by atoms with Crippen LogP contribution in [0.25, 0.3) is 0 Å². The average molecular weight is 363 g/mol. The van der Waals surface area contributed by atoms with Crippen LogP contribution in [0.5, 0.6) is 0 Å². The van der Waals surface area contributed by atoms with Crippen LogP contribution in [0.1, 0.15) is 25.8 Å². The van der Waals surface area contributed by atoms with Gasteiger partial charge in [-0.25, -0.2) is 4.57 Å². The zero-order valence-corrected chi connectivity index (χ0v) is 15.6. The summed E-state index contributed by atoms with van der Waals surface area (Å²) in [6, 6.07) is 7.77. The number of hydrogen-bond acceptors (Lipinski definition) is 7. The molecule has 1 rings (SSSR count). The molecular formula is C14H22NO4PS2. The van der Waals surface area contributed by atoms with Gasteiger partial charge >= 0.3 is 6.80 Å². The minimum atomic E-state index is -3.20. The van der Waals surface area contributed by atoms with Crippen LogP contribution < -0.4 is 0 Å². The van der Waals surface area contributed by atoms with Crippen molar-refractivity contribution in [3.8, 4) is 0 Å². The molecule has 0 N–H and O–H groups in total. The summed E-state index contributed by atoms with van der Waals surface area (Å²) in [5.74, 6) is 1.32. The Morgan fingerprint density at radius 1 is 1.27 bits per heavy atom. The van der Waals surface area contributed by atoms with Gasteiger partial charge in [-0.15, -0.1) is 0 Å². The molecule has 0 saturated heterocycles. The molecule has 0 radical (unpaired) electrons. The highest BCUT2D eigenvalue weighted by atomic mass is 32.7. The quantitative estimate of drug-likeness (QED) is 0.181. The molecule has 1 unspecified atom stereocenters. The highest BCUT2D eigenvalue weighted by Gasteiger charge is 2.25. The van der Waals surface area contributed by atoms with Gasteiger partial charge in [-0.05, 0) is 42.4 Å². The second-order valence-electron chi connectivity index (χ2n) is 4.13. The molecule has 22 heavy (non-hydrogen) atoms. The van der Waals surface area contributed by atoms with E-state index in [9.17, 15) is 4.57 Å². The number of benzene rings is 1. The van der Waals surface area contributed by atoms with Crippen LogP contribution >= 0.6 is 29.9 Å². The fourth-order valence-electron chi connectivity index (χ4n) is 1.36. The molecule has 0 aliphatic heterocycles. The first-order valence-electron chi connectivity index (χ1n) is 6.96. The van der Waals surface area contributed by atoms with E-state index in [2.05, 4.69) is 5.16 Å². The van der Waals surface area contributed by atoms with E-state index in [4.69, 9.17) is 13.9 Å². The van der Waals surface area contributed by atoms with Gasteiger partial charge < -0.3 is 9.36 Å². The lowest BCUT2D eigenvalue weighted by molar-refractivity contribution is 0.237. The zero-order valence-electron chi connectivity index (χ0n) is 13.1. The molecule has 0 fully saturated rings. The van der Waals surface area contributed by atoms with Crippen molar-refractivity contribution in [3.05, 3.63) is 29.8 Å². The first kappa shape index (κ1) is 19.6. The van der Waals surface area contributed by atoms with Gasteiger partial charge in [-0.3, -0.25) is 4.52 Å². The summed E-state index contributed by atoms with van der Waals surface area (Å²) in [4.78, 5) is 1.11. The standard InChI is InChI=1S/C14H22NO4PS2/c1-4-10-22-20(16,18-5-2)19-15-11-13-6-8-14(9-7-13)21-12-17-3/h6-9,11H,4-5,10,12H2,1-3H3. The van der Waals surface area contributed by atoms with Gasteiger partial charge in [0.2, 0.25) is 0 Å². The molecule has 8 heteroatoms. The number of hydrogen-bond donors (Lipinski definition) is 0. The van der Waals surface area contributed by atoms with Crippen LogP contribution in [0.4, 0.5) is 0 Å². The van der Waals surface area contributed by atoms with Crippen molar-refractivity contribution in [2.75, 3.05) is 25.4 Å². The van der Waals surface area contributed by atoms with E-state index in [1.807, 2.05) is 31.2 Å². The molecule has 1 aromatic rings. The topological polar surface area (TPSA) is 57.1 Å². The smallest absolute Gasteiger partial charge is 0.374 e. The van der Waals surface area contributed by atoms with Crippen LogP contribution in [-0.2, 0) is 18.5 Å². The Morgan fingerprint density at radius 3 is 2.59 bits per heavy atom. The normalized spacial score (nSPS) is 14.1. The van der Waals surface area contributed by atoms with E-state index >= 15 is 0 Å². The maximum atomic E-state index is 12.3. The Labute approximate surface area is 140 Å². The average Bonchev–Trinajstić information content (AvgIpc) is 2.52. The maximum absolute atomic E-state index is 12.3. The molecule has 0 spiro atoms. The molecule has 0 aromatic heterocycles. The summed E-state index contributed by atoms with van der Waals surface area (Å²) in [5.41, 5.74) is 0.866. The van der Waals surface area contributed by atoms with Gasteiger partial charge in [0, 0.05) is 17.8 Å². The fourth-order valence-corrected chi connectivity index (χ4v) is 5.02. The van der Waals surface area contributed by atoms with Gasteiger partial charge in [-0.2, -0.15) is 0 Å². The molecular weight excluding hydrogens is 341 g/mol. The van der Waals surface area contributed by atoms with Gasteiger partial charge in [0.25, 0.3) is 0 Å². The minimum absolute atomic E-state index is 0.328. The maximum Gasteiger partial charge on any atom is 0.459 e. The first-order chi connectivity index (χ1) is 10.6. The molecule has 0 aliphatic carbocycles. The second kappa shape index (κ2) is 11.1. The molecule has 0 saturated carbocycles. The van der Waals surface area contributed by atoms with E-state index < -0.39 is 6.80 Å². The van der Waals surface area contributed by atoms with E-state index in [-0.39, 0.29) is 0 Å². The van der Waals surface area contributed by atoms with E-state index in [1.54, 1.807) is 25.8 Å². The third-order valence-corrected chi connectivity index (χ3v) is 7.06. The molecule has 5 nitrogen and oxygen atoms in total. The Kier molecular flexibility index (Phi) is 9.91. The molecule has 1 aromatic carbocycles. The van der Waals surface area contributed by atoms with Crippen LogP contribution in [-0.4, -0.2) is 31.6 Å². The van der Waals surface area contributed by atoms with Crippen LogP contribution in [0.2, 0.25) is 0 Å². The highest BCUT2D eigenvalue weighted by Crippen LogP contribution is 2.60. The van der Waals surface area contributed by atoms with Gasteiger partial charge in [0.1, 0.15) is 0 Å². The van der Waals surface area contributed by atoms with Gasteiger partial charge in [-0.1, -0.05) is 36.0 Å². The Hall–Kier alpha value is -0.460. The summed E-state index contributed by atoms with van der Waals surface area (Å²) >= 11 is 2.78. The summed E-state index contributed by atoms with van der Waals surface area (Å²) in [7, 11) is 1.67. The minimum Gasteiger partial charge on any atom is -0.374 e. The Bertz CT molecular complexity index is 496. The van der Waals surface area contributed by atoms with Crippen molar-refractivity contribution in [2.45, 2.75) is 25.2 Å². The third kappa shape index (κ3) is 7.70. The summed E-state index contributed by atoms with van der Waals surface area (Å²) < 4.78 is 27.6. The number of ether oxygens (including phenoxy) is 1. The van der Waals surface area contributed by atoms with Crippen molar-refractivity contribution in [1.29, 1.82) is 0 Å². The van der Waals surface area contributed by atoms with Crippen LogP contribution in [0.3, 0.4) is 0 Å². The largest absolute Gasteiger partial charge is 0.459 e. The summed E-state index contributed by atoms with van der Waals surface area (Å²) in [5, 5.41) is 3.81. The molecule has 0 bridgehead atoms. The Balaban J connectivity index is 2.57. The van der Waals surface area contributed by atoms with Crippen molar-refractivity contribution >= 4 is 36.2 Å². The van der Waals surface area contributed by atoms with Crippen molar-refractivity contribution in [1.82, 2.24) is 0 Å².